The Morgan fingerprint density at radius 3 is 2.68 bits per heavy atom. The van der Waals surface area contributed by atoms with Gasteiger partial charge in [-0.05, 0) is 38.2 Å². The SMILES string of the molecule is Cc1cnc(NC2CCOC3(CCCCC3)C2)nc1. The summed E-state index contributed by atoms with van der Waals surface area (Å²) in [5.74, 6) is 0.753. The van der Waals surface area contributed by atoms with Crippen molar-refractivity contribution in [2.45, 2.75) is 63.5 Å². The molecule has 1 N–H and O–H groups in total. The van der Waals surface area contributed by atoms with E-state index in [2.05, 4.69) is 15.3 Å². The van der Waals surface area contributed by atoms with Crippen LogP contribution in [0.1, 0.15) is 50.5 Å². The zero-order valence-corrected chi connectivity index (χ0v) is 11.7. The molecule has 1 saturated carbocycles. The Labute approximate surface area is 115 Å². The molecule has 0 aromatic carbocycles. The molecule has 2 aliphatic rings. The Balaban J connectivity index is 1.63. The van der Waals surface area contributed by atoms with Gasteiger partial charge in [0.1, 0.15) is 0 Å². The average molecular weight is 261 g/mol. The Bertz CT molecular complexity index is 406. The quantitative estimate of drug-likeness (QED) is 0.888. The van der Waals surface area contributed by atoms with E-state index in [1.165, 1.54) is 32.1 Å². The van der Waals surface area contributed by atoms with Crippen LogP contribution < -0.4 is 5.32 Å². The van der Waals surface area contributed by atoms with E-state index in [9.17, 15) is 0 Å². The first-order valence-electron chi connectivity index (χ1n) is 7.45. The Morgan fingerprint density at radius 2 is 1.95 bits per heavy atom. The lowest BCUT2D eigenvalue weighted by molar-refractivity contribution is -0.103. The minimum Gasteiger partial charge on any atom is -0.375 e. The molecular weight excluding hydrogens is 238 g/mol. The van der Waals surface area contributed by atoms with Crippen LogP contribution in [0.4, 0.5) is 5.95 Å². The summed E-state index contributed by atoms with van der Waals surface area (Å²) < 4.78 is 6.11. The predicted molar refractivity (Wildman–Crippen MR) is 75.2 cm³/mol. The maximum absolute atomic E-state index is 6.11. The third kappa shape index (κ3) is 3.06. The lowest BCUT2D eigenvalue weighted by atomic mass is 9.78. The standard InChI is InChI=1S/C15H23N3O/c1-12-10-16-14(17-11-12)18-13-5-8-19-15(9-13)6-3-2-4-7-15/h10-11,13H,2-9H2,1H3,(H,16,17,18). The van der Waals surface area contributed by atoms with E-state index in [-0.39, 0.29) is 5.60 Å². The fourth-order valence-electron chi connectivity index (χ4n) is 3.35. The summed E-state index contributed by atoms with van der Waals surface area (Å²) in [4.78, 5) is 8.69. The second-order valence-electron chi connectivity index (χ2n) is 6.01. The van der Waals surface area contributed by atoms with E-state index in [0.717, 1.165) is 31.0 Å². The van der Waals surface area contributed by atoms with Gasteiger partial charge in [0, 0.05) is 25.0 Å². The van der Waals surface area contributed by atoms with Crippen molar-refractivity contribution < 1.29 is 4.74 Å². The largest absolute Gasteiger partial charge is 0.375 e. The molecule has 1 spiro atoms. The zero-order valence-electron chi connectivity index (χ0n) is 11.7. The molecule has 3 rings (SSSR count). The molecule has 2 fully saturated rings. The molecule has 1 saturated heterocycles. The third-order valence-corrected chi connectivity index (χ3v) is 4.37. The number of aromatic nitrogens is 2. The van der Waals surface area contributed by atoms with Crippen LogP contribution in [0, 0.1) is 6.92 Å². The van der Waals surface area contributed by atoms with Crippen molar-refractivity contribution in [1.82, 2.24) is 9.97 Å². The molecule has 2 heterocycles. The summed E-state index contributed by atoms with van der Waals surface area (Å²) in [5.41, 5.74) is 1.24. The van der Waals surface area contributed by atoms with Gasteiger partial charge in [-0.3, -0.25) is 0 Å². The highest BCUT2D eigenvalue weighted by Gasteiger charge is 2.38. The lowest BCUT2D eigenvalue weighted by Crippen LogP contribution is -2.45. The molecule has 19 heavy (non-hydrogen) atoms. The number of aryl methyl sites for hydroxylation is 1. The monoisotopic (exact) mass is 261 g/mol. The highest BCUT2D eigenvalue weighted by molar-refractivity contribution is 5.26. The van der Waals surface area contributed by atoms with E-state index in [4.69, 9.17) is 4.74 Å². The van der Waals surface area contributed by atoms with Crippen LogP contribution in [0.15, 0.2) is 12.4 Å². The van der Waals surface area contributed by atoms with Crippen molar-refractivity contribution in [2.24, 2.45) is 0 Å². The summed E-state index contributed by atoms with van der Waals surface area (Å²) in [6.45, 7) is 2.87. The zero-order chi connectivity index (χ0) is 13.1. The van der Waals surface area contributed by atoms with Crippen LogP contribution in [-0.4, -0.2) is 28.2 Å². The summed E-state index contributed by atoms with van der Waals surface area (Å²) in [7, 11) is 0. The Kier molecular flexibility index (Phi) is 3.69. The van der Waals surface area contributed by atoms with Gasteiger partial charge >= 0.3 is 0 Å². The molecule has 1 aliphatic carbocycles. The topological polar surface area (TPSA) is 47.0 Å². The summed E-state index contributed by atoms with van der Waals surface area (Å²) in [6, 6.07) is 0.453. The molecule has 1 aromatic heterocycles. The molecule has 0 bridgehead atoms. The van der Waals surface area contributed by atoms with Gasteiger partial charge in [-0.2, -0.15) is 0 Å². The van der Waals surface area contributed by atoms with E-state index in [0.29, 0.717) is 6.04 Å². The first-order valence-corrected chi connectivity index (χ1v) is 7.45. The van der Waals surface area contributed by atoms with E-state index < -0.39 is 0 Å². The number of anilines is 1. The fraction of sp³-hybridized carbons (Fsp3) is 0.733. The second-order valence-corrected chi connectivity index (χ2v) is 6.01. The van der Waals surface area contributed by atoms with E-state index in [1.807, 2.05) is 19.3 Å². The Hall–Kier alpha value is -1.16. The molecular formula is C15H23N3O. The Morgan fingerprint density at radius 1 is 1.21 bits per heavy atom. The molecule has 104 valence electrons. The average Bonchev–Trinajstić information content (AvgIpc) is 2.42. The van der Waals surface area contributed by atoms with Gasteiger partial charge in [-0.25, -0.2) is 9.97 Å². The molecule has 4 nitrogen and oxygen atoms in total. The van der Waals surface area contributed by atoms with Crippen molar-refractivity contribution in [3.63, 3.8) is 0 Å². The number of hydrogen-bond donors (Lipinski definition) is 1. The van der Waals surface area contributed by atoms with Gasteiger partial charge in [0.05, 0.1) is 5.60 Å². The summed E-state index contributed by atoms with van der Waals surface area (Å²) >= 11 is 0. The fourth-order valence-corrected chi connectivity index (χ4v) is 3.35. The predicted octanol–water partition coefficient (Wildman–Crippen LogP) is 3.08. The van der Waals surface area contributed by atoms with Crippen molar-refractivity contribution in [3.05, 3.63) is 18.0 Å². The smallest absolute Gasteiger partial charge is 0.222 e. The van der Waals surface area contributed by atoms with Crippen LogP contribution >= 0.6 is 0 Å². The number of nitrogens with one attached hydrogen (secondary N) is 1. The van der Waals surface area contributed by atoms with Crippen molar-refractivity contribution >= 4 is 5.95 Å². The number of hydrogen-bond acceptors (Lipinski definition) is 4. The van der Waals surface area contributed by atoms with Crippen molar-refractivity contribution in [2.75, 3.05) is 11.9 Å². The van der Waals surface area contributed by atoms with Crippen LogP contribution in [0.2, 0.25) is 0 Å². The van der Waals surface area contributed by atoms with E-state index in [1.54, 1.807) is 0 Å². The van der Waals surface area contributed by atoms with Gasteiger partial charge < -0.3 is 10.1 Å². The van der Waals surface area contributed by atoms with Gasteiger partial charge in [-0.1, -0.05) is 19.3 Å². The molecule has 0 radical (unpaired) electrons. The maximum Gasteiger partial charge on any atom is 0.222 e. The summed E-state index contributed by atoms with van der Waals surface area (Å²) in [5, 5.41) is 3.48. The molecule has 4 heteroatoms. The van der Waals surface area contributed by atoms with Gasteiger partial charge in [-0.15, -0.1) is 0 Å². The van der Waals surface area contributed by atoms with Crippen molar-refractivity contribution in [1.29, 1.82) is 0 Å². The molecule has 1 aliphatic heterocycles. The number of rotatable bonds is 2. The first kappa shape index (κ1) is 12.9. The molecule has 1 atom stereocenters. The lowest BCUT2D eigenvalue weighted by Gasteiger charge is -2.43. The maximum atomic E-state index is 6.11. The highest BCUT2D eigenvalue weighted by atomic mass is 16.5. The van der Waals surface area contributed by atoms with E-state index >= 15 is 0 Å². The number of ether oxygens (including phenoxy) is 1. The molecule has 0 amide bonds. The number of nitrogens with zero attached hydrogens (tertiary/aromatic N) is 2. The minimum atomic E-state index is 0.138. The van der Waals surface area contributed by atoms with Gasteiger partial charge in [0.15, 0.2) is 0 Å². The van der Waals surface area contributed by atoms with Gasteiger partial charge in [0.25, 0.3) is 0 Å². The van der Waals surface area contributed by atoms with Crippen LogP contribution in [0.3, 0.4) is 0 Å². The van der Waals surface area contributed by atoms with Crippen molar-refractivity contribution in [3.8, 4) is 0 Å². The third-order valence-electron chi connectivity index (χ3n) is 4.37. The molecule has 1 aromatic rings. The first-order chi connectivity index (χ1) is 9.26. The van der Waals surface area contributed by atoms with Gasteiger partial charge in [0.2, 0.25) is 5.95 Å². The highest BCUT2D eigenvalue weighted by Crippen LogP contribution is 2.39. The normalized spacial score (nSPS) is 26.3. The minimum absolute atomic E-state index is 0.138. The van der Waals surface area contributed by atoms with Crippen LogP contribution in [-0.2, 0) is 4.74 Å². The van der Waals surface area contributed by atoms with Crippen LogP contribution in [0.25, 0.3) is 0 Å². The second kappa shape index (κ2) is 5.45. The van der Waals surface area contributed by atoms with Crippen LogP contribution in [0.5, 0.6) is 0 Å². The molecule has 1 unspecified atom stereocenters. The summed E-state index contributed by atoms with van der Waals surface area (Å²) in [6.07, 6.45) is 12.3.